The first-order chi connectivity index (χ1) is 13.7. The molecule has 0 aliphatic rings. The van der Waals surface area contributed by atoms with Gasteiger partial charge < -0.3 is 5.32 Å². The maximum absolute atomic E-state index is 13.6. The van der Waals surface area contributed by atoms with E-state index in [1.807, 2.05) is 0 Å². The number of aromatic nitrogens is 1. The summed E-state index contributed by atoms with van der Waals surface area (Å²) in [5.41, 5.74) is -0.725. The number of carbonyl (C=O) groups is 2. The van der Waals surface area contributed by atoms with Crippen LogP contribution in [0, 0.1) is 5.82 Å². The summed E-state index contributed by atoms with van der Waals surface area (Å²) in [5.74, 6) is -2.03. The lowest BCUT2D eigenvalue weighted by molar-refractivity contribution is -0.137. The quantitative estimate of drug-likeness (QED) is 0.595. The summed E-state index contributed by atoms with van der Waals surface area (Å²) < 4.78 is 51.8. The Morgan fingerprint density at radius 1 is 1.03 bits per heavy atom. The Labute approximate surface area is 166 Å². The molecule has 29 heavy (non-hydrogen) atoms. The van der Waals surface area contributed by atoms with Crippen molar-refractivity contribution in [3.8, 4) is 0 Å². The second-order valence-electron chi connectivity index (χ2n) is 5.85. The maximum Gasteiger partial charge on any atom is 0.416 e. The van der Waals surface area contributed by atoms with Gasteiger partial charge in [-0.15, -0.1) is 11.3 Å². The van der Waals surface area contributed by atoms with E-state index in [-0.39, 0.29) is 28.5 Å². The van der Waals surface area contributed by atoms with Gasteiger partial charge in [-0.3, -0.25) is 14.9 Å². The van der Waals surface area contributed by atoms with E-state index in [9.17, 15) is 27.2 Å². The molecule has 10 heteroatoms. The first-order valence-corrected chi connectivity index (χ1v) is 9.08. The van der Waals surface area contributed by atoms with Gasteiger partial charge in [0.25, 0.3) is 11.8 Å². The zero-order valence-corrected chi connectivity index (χ0v) is 15.4. The highest BCUT2D eigenvalue weighted by Crippen LogP contribution is 2.29. The second kappa shape index (κ2) is 8.39. The minimum atomic E-state index is -4.47. The predicted molar refractivity (Wildman–Crippen MR) is 99.1 cm³/mol. The third-order valence-electron chi connectivity index (χ3n) is 3.78. The summed E-state index contributed by atoms with van der Waals surface area (Å²) in [4.78, 5) is 28.2. The lowest BCUT2D eigenvalue weighted by atomic mass is 10.1. The van der Waals surface area contributed by atoms with Gasteiger partial charge in [-0.1, -0.05) is 24.3 Å². The fourth-order valence-electron chi connectivity index (χ4n) is 2.38. The van der Waals surface area contributed by atoms with Gasteiger partial charge in [0, 0.05) is 11.9 Å². The number of hydrogen-bond donors (Lipinski definition) is 2. The van der Waals surface area contributed by atoms with E-state index < -0.39 is 29.4 Å². The molecule has 0 saturated heterocycles. The summed E-state index contributed by atoms with van der Waals surface area (Å²) in [6.45, 7) is -0.128. The van der Waals surface area contributed by atoms with Crippen molar-refractivity contribution in [2.75, 3.05) is 5.32 Å². The van der Waals surface area contributed by atoms with Crippen LogP contribution >= 0.6 is 11.3 Å². The molecule has 150 valence electrons. The Morgan fingerprint density at radius 2 is 1.79 bits per heavy atom. The van der Waals surface area contributed by atoms with Crippen molar-refractivity contribution in [1.29, 1.82) is 0 Å². The van der Waals surface area contributed by atoms with Crippen molar-refractivity contribution in [1.82, 2.24) is 10.3 Å². The van der Waals surface area contributed by atoms with Gasteiger partial charge in [0.1, 0.15) is 11.5 Å². The minimum Gasteiger partial charge on any atom is -0.347 e. The molecule has 1 aromatic heterocycles. The van der Waals surface area contributed by atoms with Crippen LogP contribution in [-0.4, -0.2) is 16.8 Å². The summed E-state index contributed by atoms with van der Waals surface area (Å²) in [5, 5.41) is 6.32. The number of nitrogens with zero attached hydrogens (tertiary/aromatic N) is 1. The summed E-state index contributed by atoms with van der Waals surface area (Å²) in [6, 6.07) is 10.00. The molecule has 5 nitrogen and oxygen atoms in total. The van der Waals surface area contributed by atoms with Gasteiger partial charge in [0.15, 0.2) is 5.13 Å². The molecular weight excluding hydrogens is 410 g/mol. The van der Waals surface area contributed by atoms with Crippen molar-refractivity contribution in [3.63, 3.8) is 0 Å². The topological polar surface area (TPSA) is 71.1 Å². The molecule has 2 N–H and O–H groups in total. The summed E-state index contributed by atoms with van der Waals surface area (Å²) >= 11 is 0.959. The third-order valence-corrected chi connectivity index (χ3v) is 4.54. The fourth-order valence-corrected chi connectivity index (χ4v) is 3.06. The molecule has 0 saturated carbocycles. The van der Waals surface area contributed by atoms with Crippen molar-refractivity contribution >= 4 is 28.3 Å². The van der Waals surface area contributed by atoms with E-state index >= 15 is 0 Å². The summed E-state index contributed by atoms with van der Waals surface area (Å²) in [7, 11) is 0. The highest BCUT2D eigenvalue weighted by atomic mass is 32.1. The number of anilines is 1. The average Bonchev–Trinajstić information content (AvgIpc) is 3.14. The monoisotopic (exact) mass is 423 g/mol. The zero-order valence-electron chi connectivity index (χ0n) is 14.6. The van der Waals surface area contributed by atoms with Crippen molar-refractivity contribution in [2.45, 2.75) is 12.7 Å². The minimum absolute atomic E-state index is 0.0224. The number of carbonyl (C=O) groups excluding carboxylic acids is 2. The lowest BCUT2D eigenvalue weighted by Crippen LogP contribution is -2.23. The number of hydrogen-bond acceptors (Lipinski definition) is 4. The van der Waals surface area contributed by atoms with Crippen LogP contribution in [0.5, 0.6) is 0 Å². The van der Waals surface area contributed by atoms with Crippen molar-refractivity contribution in [3.05, 3.63) is 82.1 Å². The Morgan fingerprint density at radius 3 is 2.52 bits per heavy atom. The number of benzene rings is 2. The number of nitrogens with one attached hydrogen (secondary N) is 2. The molecule has 0 radical (unpaired) electrons. The molecular formula is C19H13F4N3O2S. The number of rotatable bonds is 5. The van der Waals surface area contributed by atoms with Crippen LogP contribution in [0.4, 0.5) is 22.7 Å². The van der Waals surface area contributed by atoms with Crippen LogP contribution in [0.3, 0.4) is 0 Å². The summed E-state index contributed by atoms with van der Waals surface area (Å²) in [6.07, 6.45) is -4.47. The van der Waals surface area contributed by atoms with Crippen LogP contribution in [0.25, 0.3) is 0 Å². The fraction of sp³-hybridized carbons (Fsp3) is 0.105. The number of halogens is 4. The van der Waals surface area contributed by atoms with E-state index in [1.165, 1.54) is 35.7 Å². The second-order valence-corrected chi connectivity index (χ2v) is 6.71. The van der Waals surface area contributed by atoms with Gasteiger partial charge in [0.05, 0.1) is 11.1 Å². The largest absolute Gasteiger partial charge is 0.416 e. The van der Waals surface area contributed by atoms with Crippen LogP contribution < -0.4 is 10.6 Å². The first kappa shape index (κ1) is 20.5. The highest BCUT2D eigenvalue weighted by Gasteiger charge is 2.30. The molecule has 1 heterocycles. The van der Waals surface area contributed by atoms with Gasteiger partial charge in [0.2, 0.25) is 0 Å². The number of thiazole rings is 1. The van der Waals surface area contributed by atoms with Crippen molar-refractivity contribution in [2.24, 2.45) is 0 Å². The molecule has 0 bridgehead atoms. The Kier molecular flexibility index (Phi) is 5.92. The smallest absolute Gasteiger partial charge is 0.347 e. The van der Waals surface area contributed by atoms with Crippen LogP contribution in [0.15, 0.2) is 53.9 Å². The highest BCUT2D eigenvalue weighted by molar-refractivity contribution is 7.14. The Balaban J connectivity index is 1.61. The molecule has 0 fully saturated rings. The molecule has 0 atom stereocenters. The van der Waals surface area contributed by atoms with E-state index in [0.29, 0.717) is 0 Å². The van der Waals surface area contributed by atoms with Gasteiger partial charge >= 0.3 is 6.18 Å². The van der Waals surface area contributed by atoms with Gasteiger partial charge in [-0.05, 0) is 29.8 Å². The molecule has 0 spiro atoms. The molecule has 0 aliphatic heterocycles. The third kappa shape index (κ3) is 5.17. The molecule has 0 unspecified atom stereocenters. The Hall–Kier alpha value is -3.27. The molecule has 0 aliphatic carbocycles. The average molecular weight is 423 g/mol. The van der Waals surface area contributed by atoms with Gasteiger partial charge in [-0.25, -0.2) is 9.37 Å². The standard InChI is InChI=1S/C19H13F4N3O2S/c20-14-7-2-1-6-13(14)16(27)26-18-25-15(10-29-18)17(28)24-9-11-4-3-5-12(8-11)19(21,22)23/h1-8,10H,9H2,(H,24,28)(H,25,26,27). The molecule has 3 rings (SSSR count). The van der Waals surface area contributed by atoms with Gasteiger partial charge in [-0.2, -0.15) is 13.2 Å². The zero-order chi connectivity index (χ0) is 21.0. The normalized spacial score (nSPS) is 11.2. The maximum atomic E-state index is 13.6. The van der Waals surface area contributed by atoms with E-state index in [0.717, 1.165) is 29.5 Å². The van der Waals surface area contributed by atoms with Crippen molar-refractivity contribution < 1.29 is 27.2 Å². The van der Waals surface area contributed by atoms with Crippen LogP contribution in [-0.2, 0) is 12.7 Å². The Bertz CT molecular complexity index is 1050. The predicted octanol–water partition coefficient (Wildman–Crippen LogP) is 4.48. The SMILES string of the molecule is O=C(NCc1cccc(C(F)(F)F)c1)c1csc(NC(=O)c2ccccc2F)n1. The number of amides is 2. The van der Waals surface area contributed by atoms with E-state index in [4.69, 9.17) is 0 Å². The van der Waals surface area contributed by atoms with E-state index in [1.54, 1.807) is 0 Å². The van der Waals surface area contributed by atoms with Crippen LogP contribution in [0.2, 0.25) is 0 Å². The molecule has 2 amide bonds. The number of alkyl halides is 3. The molecule has 3 aromatic rings. The lowest BCUT2D eigenvalue weighted by Gasteiger charge is -2.09. The van der Waals surface area contributed by atoms with Crippen LogP contribution in [0.1, 0.15) is 32.0 Å². The molecule has 2 aromatic carbocycles. The first-order valence-electron chi connectivity index (χ1n) is 8.20. The van der Waals surface area contributed by atoms with E-state index in [2.05, 4.69) is 15.6 Å².